The molecule has 0 aliphatic carbocycles. The molecule has 2 aromatic rings. The largest absolute Gasteiger partial charge is 0.522 e. The second kappa shape index (κ2) is 5.85. The smallest absolute Gasteiger partial charge is 0.345 e. The Morgan fingerprint density at radius 2 is 2.05 bits per heavy atom. The summed E-state index contributed by atoms with van der Waals surface area (Å²) in [6, 6.07) is 7.82. The van der Waals surface area contributed by atoms with Crippen molar-refractivity contribution in [3.8, 4) is 0 Å². The van der Waals surface area contributed by atoms with E-state index in [0.29, 0.717) is 0 Å². The van der Waals surface area contributed by atoms with Gasteiger partial charge in [0.2, 0.25) is 0 Å². The molecule has 20 heavy (non-hydrogen) atoms. The molecule has 1 heterocycles. The molecule has 2 rings (SSSR count). The van der Waals surface area contributed by atoms with Crippen LogP contribution in [0.25, 0.3) is 10.9 Å². The number of halogens is 3. The first-order valence-electron chi connectivity index (χ1n) is 6.39. The summed E-state index contributed by atoms with van der Waals surface area (Å²) < 4.78 is 41.4. The Balaban J connectivity index is 2.13. The molecule has 0 spiro atoms. The Morgan fingerprint density at radius 3 is 2.70 bits per heavy atom. The van der Waals surface area contributed by atoms with Gasteiger partial charge in [-0.3, -0.25) is 4.74 Å². The first-order valence-corrected chi connectivity index (χ1v) is 6.39. The molecule has 1 aromatic carbocycles. The molecule has 110 valence electrons. The van der Waals surface area contributed by atoms with Gasteiger partial charge in [0.1, 0.15) is 0 Å². The highest BCUT2D eigenvalue weighted by molar-refractivity contribution is 5.80. The topological polar surface area (TPSA) is 40.2 Å². The lowest BCUT2D eigenvalue weighted by molar-refractivity contribution is -0.325. The minimum atomic E-state index is -4.58. The third-order valence-corrected chi connectivity index (χ3v) is 2.99. The van der Waals surface area contributed by atoms with Gasteiger partial charge in [-0.1, -0.05) is 12.1 Å². The van der Waals surface area contributed by atoms with E-state index in [0.717, 1.165) is 22.9 Å². The predicted octanol–water partition coefficient (Wildman–Crippen LogP) is 3.07. The number of alkyl halides is 3. The number of rotatable bonds is 5. The van der Waals surface area contributed by atoms with Crippen LogP contribution in [0, 0.1) is 0 Å². The van der Waals surface area contributed by atoms with Crippen molar-refractivity contribution in [2.75, 3.05) is 6.61 Å². The number of ether oxygens (including phenoxy) is 1. The minimum Gasteiger partial charge on any atom is -0.345 e. The zero-order valence-corrected chi connectivity index (χ0v) is 11.2. The monoisotopic (exact) mass is 286 g/mol. The second-order valence-electron chi connectivity index (χ2n) is 4.88. The van der Waals surface area contributed by atoms with E-state index in [1.54, 1.807) is 10.8 Å². The molecule has 6 heteroatoms. The fraction of sp³-hybridized carbons (Fsp3) is 0.429. The van der Waals surface area contributed by atoms with Gasteiger partial charge < -0.3 is 10.3 Å². The first kappa shape index (κ1) is 14.9. The molecule has 0 radical (unpaired) electrons. The number of hydrogen-bond donors (Lipinski definition) is 1. The van der Waals surface area contributed by atoms with Crippen molar-refractivity contribution >= 4 is 10.9 Å². The van der Waals surface area contributed by atoms with E-state index in [4.69, 9.17) is 5.73 Å². The van der Waals surface area contributed by atoms with E-state index in [1.807, 2.05) is 31.2 Å². The molecule has 2 N–H and O–H groups in total. The van der Waals surface area contributed by atoms with Gasteiger partial charge >= 0.3 is 6.36 Å². The highest BCUT2D eigenvalue weighted by atomic mass is 19.4. The highest BCUT2D eigenvalue weighted by Crippen LogP contribution is 2.20. The van der Waals surface area contributed by atoms with Crippen LogP contribution in [-0.2, 0) is 17.7 Å². The van der Waals surface area contributed by atoms with Gasteiger partial charge in [-0.2, -0.15) is 0 Å². The molecule has 0 saturated heterocycles. The van der Waals surface area contributed by atoms with Crippen molar-refractivity contribution in [2.24, 2.45) is 5.73 Å². The maximum Gasteiger partial charge on any atom is 0.522 e. The van der Waals surface area contributed by atoms with Crippen molar-refractivity contribution in [1.82, 2.24) is 4.57 Å². The van der Waals surface area contributed by atoms with E-state index in [9.17, 15) is 13.2 Å². The van der Waals surface area contributed by atoms with Gasteiger partial charge in [-0.25, -0.2) is 0 Å². The SMILES string of the molecule is CC(N)Cc1ccc2ccn(CCOC(F)(F)F)c2c1. The summed E-state index contributed by atoms with van der Waals surface area (Å²) in [6.45, 7) is 1.68. The Labute approximate surface area is 115 Å². The molecular weight excluding hydrogens is 269 g/mol. The van der Waals surface area contributed by atoms with E-state index >= 15 is 0 Å². The van der Waals surface area contributed by atoms with Crippen LogP contribution in [0.3, 0.4) is 0 Å². The number of hydrogen-bond acceptors (Lipinski definition) is 2. The lowest BCUT2D eigenvalue weighted by Gasteiger charge is -2.10. The van der Waals surface area contributed by atoms with E-state index < -0.39 is 13.0 Å². The predicted molar refractivity (Wildman–Crippen MR) is 71.3 cm³/mol. The average Bonchev–Trinajstić information content (AvgIpc) is 2.70. The van der Waals surface area contributed by atoms with Crippen LogP contribution in [0.5, 0.6) is 0 Å². The number of nitrogens with two attached hydrogens (primary N) is 1. The Bertz CT molecular complexity index is 575. The van der Waals surface area contributed by atoms with Crippen LogP contribution < -0.4 is 5.73 Å². The van der Waals surface area contributed by atoms with Gasteiger partial charge in [0.15, 0.2) is 0 Å². The van der Waals surface area contributed by atoms with E-state index in [1.165, 1.54) is 0 Å². The molecule has 0 bridgehead atoms. The summed E-state index contributed by atoms with van der Waals surface area (Å²) in [4.78, 5) is 0. The maximum absolute atomic E-state index is 12.0. The third-order valence-electron chi connectivity index (χ3n) is 2.99. The van der Waals surface area contributed by atoms with Gasteiger partial charge in [0.25, 0.3) is 0 Å². The third kappa shape index (κ3) is 3.98. The summed E-state index contributed by atoms with van der Waals surface area (Å²) >= 11 is 0. The van der Waals surface area contributed by atoms with Gasteiger partial charge in [-0.15, -0.1) is 13.2 Å². The minimum absolute atomic E-state index is 0.0458. The number of nitrogens with zero attached hydrogens (tertiary/aromatic N) is 1. The van der Waals surface area contributed by atoms with E-state index in [-0.39, 0.29) is 12.6 Å². The first-order chi connectivity index (χ1) is 9.35. The lowest BCUT2D eigenvalue weighted by atomic mass is 10.1. The number of fused-ring (bicyclic) bond motifs is 1. The van der Waals surface area contributed by atoms with E-state index in [2.05, 4.69) is 4.74 Å². The van der Waals surface area contributed by atoms with Gasteiger partial charge in [0, 0.05) is 24.3 Å². The molecule has 0 saturated carbocycles. The van der Waals surface area contributed by atoms with Crippen molar-refractivity contribution in [2.45, 2.75) is 32.3 Å². The molecular formula is C14H17F3N2O. The number of aromatic nitrogens is 1. The molecule has 0 aliphatic rings. The van der Waals surface area contributed by atoms with Crippen molar-refractivity contribution in [1.29, 1.82) is 0 Å². The molecule has 1 unspecified atom stereocenters. The normalized spacial score (nSPS) is 13.8. The molecule has 0 fully saturated rings. The summed E-state index contributed by atoms with van der Waals surface area (Å²) in [5.41, 5.74) is 7.73. The lowest BCUT2D eigenvalue weighted by Crippen LogP contribution is -2.18. The van der Waals surface area contributed by atoms with Crippen LogP contribution >= 0.6 is 0 Å². The Hall–Kier alpha value is -1.53. The van der Waals surface area contributed by atoms with Gasteiger partial charge in [-0.05, 0) is 36.4 Å². The summed E-state index contributed by atoms with van der Waals surface area (Å²) in [6.07, 6.45) is -2.08. The highest BCUT2D eigenvalue weighted by Gasteiger charge is 2.28. The average molecular weight is 286 g/mol. The van der Waals surface area contributed by atoms with Crippen LogP contribution in [0.15, 0.2) is 30.5 Å². The number of benzene rings is 1. The standard InChI is InChI=1S/C14H17F3N2O/c1-10(18)8-11-2-3-12-4-5-19(13(12)9-11)6-7-20-14(15,16)17/h2-5,9-10H,6-8,18H2,1H3. The molecule has 3 nitrogen and oxygen atoms in total. The van der Waals surface area contributed by atoms with Crippen molar-refractivity contribution < 1.29 is 17.9 Å². The van der Waals surface area contributed by atoms with Crippen LogP contribution in [0.1, 0.15) is 12.5 Å². The zero-order chi connectivity index (χ0) is 14.8. The maximum atomic E-state index is 12.0. The summed E-state index contributed by atoms with van der Waals surface area (Å²) in [7, 11) is 0. The van der Waals surface area contributed by atoms with Crippen molar-refractivity contribution in [3.63, 3.8) is 0 Å². The zero-order valence-electron chi connectivity index (χ0n) is 11.2. The van der Waals surface area contributed by atoms with Crippen LogP contribution in [0.4, 0.5) is 13.2 Å². The van der Waals surface area contributed by atoms with Crippen LogP contribution in [-0.4, -0.2) is 23.6 Å². The second-order valence-corrected chi connectivity index (χ2v) is 4.88. The molecule has 1 atom stereocenters. The molecule has 0 amide bonds. The summed E-state index contributed by atoms with van der Waals surface area (Å²) in [5, 5.41) is 0.991. The van der Waals surface area contributed by atoms with Crippen LogP contribution in [0.2, 0.25) is 0 Å². The Morgan fingerprint density at radius 1 is 1.30 bits per heavy atom. The van der Waals surface area contributed by atoms with Gasteiger partial charge in [0.05, 0.1) is 6.61 Å². The fourth-order valence-electron chi connectivity index (χ4n) is 2.18. The summed E-state index contributed by atoms with van der Waals surface area (Å²) in [5.74, 6) is 0. The van der Waals surface area contributed by atoms with Crippen molar-refractivity contribution in [3.05, 3.63) is 36.0 Å². The fourth-order valence-corrected chi connectivity index (χ4v) is 2.18. The molecule has 0 aliphatic heterocycles. The quantitative estimate of drug-likeness (QED) is 0.917. The Kier molecular flexibility index (Phi) is 4.35. The molecule has 1 aromatic heterocycles.